The van der Waals surface area contributed by atoms with Crippen molar-refractivity contribution in [2.45, 2.75) is 27.2 Å². The van der Waals surface area contributed by atoms with E-state index in [-0.39, 0.29) is 11.7 Å². The lowest BCUT2D eigenvalue weighted by Crippen LogP contribution is -2.17. The highest BCUT2D eigenvalue weighted by molar-refractivity contribution is 6.10. The maximum Gasteiger partial charge on any atom is 0.251 e. The zero-order chi connectivity index (χ0) is 19.1. The zero-order valence-corrected chi connectivity index (χ0v) is 15.1. The number of hydrogen-bond acceptors (Lipinski definition) is 3. The van der Waals surface area contributed by atoms with Crippen LogP contribution >= 0.6 is 0 Å². The lowest BCUT2D eigenvalue weighted by Gasteiger charge is -2.10. The third-order valence-corrected chi connectivity index (χ3v) is 3.91. The van der Waals surface area contributed by atoms with Crippen LogP contribution < -0.4 is 10.6 Å². The number of carbonyl (C=O) groups is 3. The van der Waals surface area contributed by atoms with E-state index >= 15 is 0 Å². The van der Waals surface area contributed by atoms with Crippen LogP contribution in [0.15, 0.2) is 60.2 Å². The fourth-order valence-electron chi connectivity index (χ4n) is 2.40. The van der Waals surface area contributed by atoms with Gasteiger partial charge in [-0.15, -0.1) is 0 Å². The summed E-state index contributed by atoms with van der Waals surface area (Å²) in [5, 5.41) is 5.50. The molecule has 2 rings (SSSR count). The van der Waals surface area contributed by atoms with Crippen molar-refractivity contribution in [2.75, 3.05) is 10.6 Å². The molecular formula is C21H22N2O3. The van der Waals surface area contributed by atoms with Gasteiger partial charge < -0.3 is 10.6 Å². The fourth-order valence-corrected chi connectivity index (χ4v) is 2.40. The number of benzene rings is 2. The molecule has 5 heteroatoms. The number of para-hydroxylation sites is 1. The van der Waals surface area contributed by atoms with Crippen molar-refractivity contribution < 1.29 is 14.4 Å². The summed E-state index contributed by atoms with van der Waals surface area (Å²) < 4.78 is 0. The topological polar surface area (TPSA) is 75.3 Å². The minimum absolute atomic E-state index is 0.0392. The second kappa shape index (κ2) is 8.76. The van der Waals surface area contributed by atoms with Crippen molar-refractivity contribution in [1.82, 2.24) is 0 Å². The third-order valence-electron chi connectivity index (χ3n) is 3.91. The Bertz CT molecular complexity index is 852. The van der Waals surface area contributed by atoms with E-state index in [4.69, 9.17) is 0 Å². The summed E-state index contributed by atoms with van der Waals surface area (Å²) in [5.74, 6) is -0.771. The lowest BCUT2D eigenvalue weighted by molar-refractivity contribution is -0.114. The molecule has 0 bridgehead atoms. The maximum atomic E-state index is 12.3. The summed E-state index contributed by atoms with van der Waals surface area (Å²) >= 11 is 0. The number of ketones is 1. The molecule has 0 heterocycles. The van der Waals surface area contributed by atoms with Gasteiger partial charge in [0.2, 0.25) is 5.91 Å². The van der Waals surface area contributed by atoms with Crippen molar-refractivity contribution in [3.63, 3.8) is 0 Å². The molecule has 0 fully saturated rings. The largest absolute Gasteiger partial charge is 0.323 e. The van der Waals surface area contributed by atoms with Crippen LogP contribution in [0.1, 0.15) is 36.7 Å². The van der Waals surface area contributed by atoms with Crippen LogP contribution in [0.3, 0.4) is 0 Å². The molecule has 2 amide bonds. The number of anilines is 2. The zero-order valence-electron chi connectivity index (χ0n) is 15.1. The average molecular weight is 350 g/mol. The van der Waals surface area contributed by atoms with Crippen LogP contribution in [0.4, 0.5) is 11.4 Å². The molecule has 0 aliphatic carbocycles. The Morgan fingerprint density at radius 1 is 0.923 bits per heavy atom. The summed E-state index contributed by atoms with van der Waals surface area (Å²) in [4.78, 5) is 35.6. The third kappa shape index (κ3) is 5.14. The van der Waals surface area contributed by atoms with Gasteiger partial charge in [0.1, 0.15) is 0 Å². The first-order valence-corrected chi connectivity index (χ1v) is 8.40. The first kappa shape index (κ1) is 19.1. The van der Waals surface area contributed by atoms with E-state index in [9.17, 15) is 14.4 Å². The van der Waals surface area contributed by atoms with Gasteiger partial charge in [0.25, 0.3) is 5.91 Å². The summed E-state index contributed by atoms with van der Waals surface area (Å²) in [5.41, 5.74) is 3.20. The molecular weight excluding hydrogens is 328 g/mol. The van der Waals surface area contributed by atoms with Crippen molar-refractivity contribution >= 4 is 29.0 Å². The molecule has 2 aromatic carbocycles. The highest BCUT2D eigenvalue weighted by Crippen LogP contribution is 2.16. The van der Waals surface area contributed by atoms with E-state index in [1.807, 2.05) is 31.2 Å². The molecule has 0 aliphatic heterocycles. The van der Waals surface area contributed by atoms with Crippen LogP contribution in [0.5, 0.6) is 0 Å². The Labute approximate surface area is 153 Å². The number of carbonyl (C=O) groups excluding carboxylic acids is 3. The van der Waals surface area contributed by atoms with Crippen molar-refractivity contribution in [3.05, 3.63) is 71.3 Å². The molecule has 0 atom stereocenters. The van der Waals surface area contributed by atoms with Gasteiger partial charge in [-0.3, -0.25) is 14.4 Å². The maximum absolute atomic E-state index is 12.3. The van der Waals surface area contributed by atoms with Gasteiger partial charge in [0.15, 0.2) is 5.78 Å². The Morgan fingerprint density at radius 3 is 2.19 bits per heavy atom. The Morgan fingerprint density at radius 2 is 1.58 bits per heavy atom. The van der Waals surface area contributed by atoms with Crippen molar-refractivity contribution in [2.24, 2.45) is 0 Å². The second-order valence-electron chi connectivity index (χ2n) is 5.91. The van der Waals surface area contributed by atoms with Gasteiger partial charge in [0, 0.05) is 28.6 Å². The Balaban J connectivity index is 2.02. The van der Waals surface area contributed by atoms with Crippen LogP contribution in [0.2, 0.25) is 0 Å². The quantitative estimate of drug-likeness (QED) is 0.611. The standard InChI is InChI=1S/C21H22N2O3/c1-4-16-7-5-6-8-19(16)23-21(26)14(2)13-20(25)22-18-11-9-17(10-12-18)15(3)24/h5-13H,4H2,1-3H3,(H,22,25)(H,23,26)/b14-13-. The number of Topliss-reactive ketones (excluding diaryl/α,β-unsaturated/α-hetero) is 1. The monoisotopic (exact) mass is 350 g/mol. The molecule has 2 aromatic rings. The molecule has 5 nitrogen and oxygen atoms in total. The van der Waals surface area contributed by atoms with Crippen LogP contribution in [0.25, 0.3) is 0 Å². The van der Waals surface area contributed by atoms with Crippen LogP contribution in [-0.4, -0.2) is 17.6 Å². The number of nitrogens with one attached hydrogen (secondary N) is 2. The Kier molecular flexibility index (Phi) is 6.44. The van der Waals surface area contributed by atoms with Gasteiger partial charge in [-0.1, -0.05) is 25.1 Å². The number of amides is 2. The lowest BCUT2D eigenvalue weighted by atomic mass is 10.1. The first-order chi connectivity index (χ1) is 12.4. The van der Waals surface area contributed by atoms with E-state index in [1.165, 1.54) is 13.0 Å². The van der Waals surface area contributed by atoms with Crippen molar-refractivity contribution in [3.8, 4) is 0 Å². The smallest absolute Gasteiger partial charge is 0.251 e. The van der Waals surface area contributed by atoms with Gasteiger partial charge in [-0.05, 0) is 56.2 Å². The SMILES string of the molecule is CCc1ccccc1NC(=O)/C(C)=C\C(=O)Nc1ccc(C(C)=O)cc1. The predicted octanol–water partition coefficient (Wildman–Crippen LogP) is 3.98. The number of hydrogen-bond donors (Lipinski definition) is 2. The summed E-state index contributed by atoms with van der Waals surface area (Å²) in [6.07, 6.45) is 2.05. The molecule has 0 saturated carbocycles. The van der Waals surface area contributed by atoms with Gasteiger partial charge in [-0.2, -0.15) is 0 Å². The van der Waals surface area contributed by atoms with Gasteiger partial charge >= 0.3 is 0 Å². The first-order valence-electron chi connectivity index (χ1n) is 8.40. The highest BCUT2D eigenvalue weighted by atomic mass is 16.2. The molecule has 0 spiro atoms. The van der Waals surface area contributed by atoms with Gasteiger partial charge in [0.05, 0.1) is 0 Å². The fraction of sp³-hybridized carbons (Fsp3) is 0.190. The molecule has 0 saturated heterocycles. The second-order valence-corrected chi connectivity index (χ2v) is 5.91. The number of aryl methyl sites for hydroxylation is 1. The highest BCUT2D eigenvalue weighted by Gasteiger charge is 2.09. The minimum Gasteiger partial charge on any atom is -0.323 e. The van der Waals surface area contributed by atoms with Crippen LogP contribution in [-0.2, 0) is 16.0 Å². The molecule has 0 aliphatic rings. The van der Waals surface area contributed by atoms with E-state index in [2.05, 4.69) is 10.6 Å². The molecule has 0 unspecified atom stereocenters. The number of rotatable bonds is 6. The van der Waals surface area contributed by atoms with E-state index < -0.39 is 5.91 Å². The summed E-state index contributed by atoms with van der Waals surface area (Å²) in [7, 11) is 0. The summed E-state index contributed by atoms with van der Waals surface area (Å²) in [6, 6.07) is 14.1. The molecule has 26 heavy (non-hydrogen) atoms. The average Bonchev–Trinajstić information content (AvgIpc) is 2.62. The minimum atomic E-state index is -0.406. The van der Waals surface area contributed by atoms with Crippen LogP contribution in [0, 0.1) is 0 Å². The normalized spacial score (nSPS) is 11.0. The van der Waals surface area contributed by atoms with Gasteiger partial charge in [-0.25, -0.2) is 0 Å². The van der Waals surface area contributed by atoms with E-state index in [0.29, 0.717) is 16.8 Å². The van der Waals surface area contributed by atoms with E-state index in [1.54, 1.807) is 31.2 Å². The van der Waals surface area contributed by atoms with Crippen molar-refractivity contribution in [1.29, 1.82) is 0 Å². The molecule has 0 aromatic heterocycles. The molecule has 2 N–H and O–H groups in total. The molecule has 134 valence electrons. The molecule has 0 radical (unpaired) electrons. The van der Waals surface area contributed by atoms with E-state index in [0.717, 1.165) is 17.7 Å². The Hall–Kier alpha value is -3.21. The predicted molar refractivity (Wildman–Crippen MR) is 103 cm³/mol. The summed E-state index contributed by atoms with van der Waals surface area (Å²) in [6.45, 7) is 5.08.